The van der Waals surface area contributed by atoms with Gasteiger partial charge >= 0.3 is 5.97 Å². The number of carbonyl (C=O) groups excluding carboxylic acids is 2. The van der Waals surface area contributed by atoms with Crippen LogP contribution in [0.5, 0.6) is 0 Å². The van der Waals surface area contributed by atoms with Gasteiger partial charge in [-0.3, -0.25) is 9.59 Å². The molecule has 0 spiro atoms. The average molecular weight is 387 g/mol. The van der Waals surface area contributed by atoms with E-state index in [1.165, 1.54) is 13.2 Å². The van der Waals surface area contributed by atoms with Gasteiger partial charge in [0.05, 0.1) is 18.4 Å². The molecule has 0 saturated heterocycles. The van der Waals surface area contributed by atoms with Gasteiger partial charge in [-0.25, -0.2) is 8.78 Å². The first-order chi connectivity index (χ1) is 13.3. The van der Waals surface area contributed by atoms with Crippen molar-refractivity contribution in [3.05, 3.63) is 64.9 Å². The van der Waals surface area contributed by atoms with E-state index in [4.69, 9.17) is 9.15 Å². The van der Waals surface area contributed by atoms with Gasteiger partial charge in [-0.1, -0.05) is 12.1 Å². The number of anilines is 1. The first kappa shape index (κ1) is 19.5. The number of hydrogen-bond donors (Lipinski definition) is 1. The number of carbonyl (C=O) groups is 2. The Morgan fingerprint density at radius 1 is 1.18 bits per heavy atom. The minimum absolute atomic E-state index is 0.0714. The Labute approximate surface area is 160 Å². The number of fused-ring (bicyclic) bond motifs is 1. The van der Waals surface area contributed by atoms with E-state index in [0.29, 0.717) is 17.2 Å². The lowest BCUT2D eigenvalue weighted by molar-refractivity contribution is -0.152. The minimum Gasteiger partial charge on any atom is -0.464 e. The molecule has 3 rings (SSSR count). The van der Waals surface area contributed by atoms with Crippen LogP contribution in [-0.4, -0.2) is 18.0 Å². The van der Waals surface area contributed by atoms with Crippen molar-refractivity contribution in [3.63, 3.8) is 0 Å². The zero-order chi connectivity index (χ0) is 20.4. The maximum atomic E-state index is 13.6. The van der Waals surface area contributed by atoms with Crippen molar-refractivity contribution in [2.75, 3.05) is 5.32 Å². The maximum absolute atomic E-state index is 13.6. The Kier molecular flexibility index (Phi) is 5.44. The van der Waals surface area contributed by atoms with Crippen LogP contribution < -0.4 is 5.32 Å². The zero-order valence-electron chi connectivity index (χ0n) is 15.6. The highest BCUT2D eigenvalue weighted by atomic mass is 19.1. The molecular weight excluding hydrogens is 368 g/mol. The highest BCUT2D eigenvalue weighted by molar-refractivity contribution is 5.95. The van der Waals surface area contributed by atoms with E-state index in [-0.39, 0.29) is 12.1 Å². The quantitative estimate of drug-likeness (QED) is 0.657. The second kappa shape index (κ2) is 7.80. The lowest BCUT2D eigenvalue weighted by Gasteiger charge is -2.14. The van der Waals surface area contributed by atoms with Crippen molar-refractivity contribution >= 4 is 28.5 Å². The zero-order valence-corrected chi connectivity index (χ0v) is 15.6. The lowest BCUT2D eigenvalue weighted by atomic mass is 10.0. The average Bonchev–Trinajstić information content (AvgIpc) is 3.03. The summed E-state index contributed by atoms with van der Waals surface area (Å²) in [5.74, 6) is -3.01. The van der Waals surface area contributed by atoms with Crippen molar-refractivity contribution in [2.24, 2.45) is 0 Å². The molecule has 1 amide bonds. The SMILES string of the molecule is Cc1ccc2c(CC(=O)O[C@@H](C)C(=O)Nc3ccc(F)cc3F)coc2c1C. The smallest absolute Gasteiger partial charge is 0.311 e. The standard InChI is InChI=1S/C21H19F2NO4/c1-11-4-6-16-14(10-27-20(16)12(11)2)8-19(25)28-13(3)21(26)24-18-7-5-15(22)9-17(18)23/h4-7,9-10,13H,8H2,1-3H3,(H,24,26)/t13-/m0/s1. The first-order valence-electron chi connectivity index (χ1n) is 8.68. The van der Waals surface area contributed by atoms with Crippen LogP contribution in [0, 0.1) is 25.5 Å². The van der Waals surface area contributed by atoms with Gasteiger partial charge in [0.2, 0.25) is 0 Å². The fourth-order valence-electron chi connectivity index (χ4n) is 2.80. The van der Waals surface area contributed by atoms with Crippen LogP contribution in [0.15, 0.2) is 41.0 Å². The molecule has 0 unspecified atom stereocenters. The molecule has 28 heavy (non-hydrogen) atoms. The Morgan fingerprint density at radius 2 is 1.93 bits per heavy atom. The summed E-state index contributed by atoms with van der Waals surface area (Å²) in [6.45, 7) is 5.27. The van der Waals surface area contributed by atoms with Crippen LogP contribution in [0.2, 0.25) is 0 Å². The summed E-state index contributed by atoms with van der Waals surface area (Å²) in [5, 5.41) is 3.08. The van der Waals surface area contributed by atoms with Crippen molar-refractivity contribution < 1.29 is 27.5 Å². The predicted molar refractivity (Wildman–Crippen MR) is 99.9 cm³/mol. The number of amides is 1. The molecule has 1 N–H and O–H groups in total. The van der Waals surface area contributed by atoms with E-state index >= 15 is 0 Å². The number of rotatable bonds is 5. The van der Waals surface area contributed by atoms with Gasteiger partial charge in [0.1, 0.15) is 17.2 Å². The molecule has 5 nitrogen and oxygen atoms in total. The van der Waals surface area contributed by atoms with Gasteiger partial charge in [0, 0.05) is 17.0 Å². The molecule has 0 aliphatic rings. The summed E-state index contributed by atoms with van der Waals surface area (Å²) in [6.07, 6.45) is 0.272. The number of esters is 1. The van der Waals surface area contributed by atoms with Gasteiger partial charge in [-0.2, -0.15) is 0 Å². The van der Waals surface area contributed by atoms with Crippen LogP contribution in [0.3, 0.4) is 0 Å². The summed E-state index contributed by atoms with van der Waals surface area (Å²) >= 11 is 0. The number of ether oxygens (including phenoxy) is 1. The highest BCUT2D eigenvalue weighted by Crippen LogP contribution is 2.27. The number of nitrogens with one attached hydrogen (secondary N) is 1. The van der Waals surface area contributed by atoms with Gasteiger partial charge in [0.15, 0.2) is 6.10 Å². The van der Waals surface area contributed by atoms with Crippen LogP contribution >= 0.6 is 0 Å². The number of aryl methyl sites for hydroxylation is 2. The van der Waals surface area contributed by atoms with Crippen LogP contribution in [0.25, 0.3) is 11.0 Å². The highest BCUT2D eigenvalue weighted by Gasteiger charge is 2.21. The first-order valence-corrected chi connectivity index (χ1v) is 8.68. The van der Waals surface area contributed by atoms with E-state index in [0.717, 1.165) is 28.6 Å². The van der Waals surface area contributed by atoms with Gasteiger partial charge < -0.3 is 14.5 Å². The Hall–Kier alpha value is -3.22. The molecule has 1 heterocycles. The Balaban J connectivity index is 1.64. The molecule has 2 aromatic carbocycles. The molecule has 0 bridgehead atoms. The molecule has 0 aliphatic carbocycles. The van der Waals surface area contributed by atoms with E-state index in [9.17, 15) is 18.4 Å². The number of hydrogen-bond acceptors (Lipinski definition) is 4. The molecule has 0 radical (unpaired) electrons. The van der Waals surface area contributed by atoms with Crippen LogP contribution in [0.4, 0.5) is 14.5 Å². The number of halogens is 2. The molecule has 1 aromatic heterocycles. The van der Waals surface area contributed by atoms with Crippen molar-refractivity contribution in [1.29, 1.82) is 0 Å². The predicted octanol–water partition coefficient (Wildman–Crippen LogP) is 4.44. The second-order valence-electron chi connectivity index (χ2n) is 6.57. The molecule has 7 heteroatoms. The molecule has 3 aromatic rings. The molecule has 0 fully saturated rings. The summed E-state index contributed by atoms with van der Waals surface area (Å²) in [6, 6.07) is 6.58. The Bertz CT molecular complexity index is 1060. The van der Waals surface area contributed by atoms with E-state index in [1.807, 2.05) is 26.0 Å². The van der Waals surface area contributed by atoms with Crippen molar-refractivity contribution in [3.8, 4) is 0 Å². The van der Waals surface area contributed by atoms with E-state index < -0.39 is 29.6 Å². The normalized spacial score (nSPS) is 12.0. The minimum atomic E-state index is -1.15. The fourth-order valence-corrected chi connectivity index (χ4v) is 2.80. The molecule has 0 saturated carbocycles. The molecule has 146 valence electrons. The lowest BCUT2D eigenvalue weighted by Crippen LogP contribution is -2.30. The van der Waals surface area contributed by atoms with Gasteiger partial charge in [-0.05, 0) is 44.0 Å². The van der Waals surface area contributed by atoms with Gasteiger partial charge in [0.25, 0.3) is 5.91 Å². The summed E-state index contributed by atoms with van der Waals surface area (Å²) in [4.78, 5) is 24.3. The van der Waals surface area contributed by atoms with Crippen LogP contribution in [0.1, 0.15) is 23.6 Å². The van der Waals surface area contributed by atoms with Crippen molar-refractivity contribution in [1.82, 2.24) is 0 Å². The topological polar surface area (TPSA) is 68.5 Å². The van der Waals surface area contributed by atoms with Crippen molar-refractivity contribution in [2.45, 2.75) is 33.3 Å². The monoisotopic (exact) mass is 387 g/mol. The van der Waals surface area contributed by atoms with E-state index in [2.05, 4.69) is 5.32 Å². The van der Waals surface area contributed by atoms with Gasteiger partial charge in [-0.15, -0.1) is 0 Å². The molecular formula is C21H19F2NO4. The molecule has 0 aliphatic heterocycles. The largest absolute Gasteiger partial charge is 0.464 e. The third kappa shape index (κ3) is 4.03. The van der Waals surface area contributed by atoms with E-state index in [1.54, 1.807) is 0 Å². The summed E-state index contributed by atoms with van der Waals surface area (Å²) < 4.78 is 37.2. The number of benzene rings is 2. The number of furan rings is 1. The van der Waals surface area contributed by atoms with Crippen LogP contribution in [-0.2, 0) is 20.7 Å². The third-order valence-electron chi connectivity index (χ3n) is 4.54. The Morgan fingerprint density at radius 3 is 2.64 bits per heavy atom. The maximum Gasteiger partial charge on any atom is 0.311 e. The summed E-state index contributed by atoms with van der Waals surface area (Å²) in [7, 11) is 0. The second-order valence-corrected chi connectivity index (χ2v) is 6.57. The summed E-state index contributed by atoms with van der Waals surface area (Å²) in [5.41, 5.74) is 3.24. The fraction of sp³-hybridized carbons (Fsp3) is 0.238. The third-order valence-corrected chi connectivity index (χ3v) is 4.54. The molecule has 1 atom stereocenters.